The van der Waals surface area contributed by atoms with Crippen LogP contribution in [0.2, 0.25) is 0 Å². The number of piperazine rings is 1. The summed E-state index contributed by atoms with van der Waals surface area (Å²) < 4.78 is 16.4. The van der Waals surface area contributed by atoms with Crippen molar-refractivity contribution in [3.8, 4) is 0 Å². The Hall–Kier alpha value is -2.87. The third-order valence-corrected chi connectivity index (χ3v) is 6.74. The van der Waals surface area contributed by atoms with Gasteiger partial charge in [-0.05, 0) is 47.5 Å². The van der Waals surface area contributed by atoms with Crippen LogP contribution in [0.1, 0.15) is 55.6 Å². The molecule has 0 spiro atoms. The van der Waals surface area contributed by atoms with Crippen molar-refractivity contribution in [1.82, 2.24) is 25.2 Å². The van der Waals surface area contributed by atoms with Gasteiger partial charge in [-0.25, -0.2) is 9.07 Å². The van der Waals surface area contributed by atoms with Crippen molar-refractivity contribution in [2.24, 2.45) is 0 Å². The van der Waals surface area contributed by atoms with Crippen LogP contribution in [0, 0.1) is 5.82 Å². The molecule has 162 valence electrons. The van der Waals surface area contributed by atoms with Crippen LogP contribution in [0.25, 0.3) is 0 Å². The Kier molecular flexibility index (Phi) is 5.88. The summed E-state index contributed by atoms with van der Waals surface area (Å²) in [6.45, 7) is 3.36. The molecule has 5 rings (SSSR count). The molecular formula is C23H29FN7+. The molecule has 31 heavy (non-hydrogen) atoms. The van der Waals surface area contributed by atoms with Gasteiger partial charge in [0.2, 0.25) is 5.82 Å². The number of rotatable bonds is 5. The first-order valence-corrected chi connectivity index (χ1v) is 11.3. The highest BCUT2D eigenvalue weighted by Gasteiger charge is 2.36. The van der Waals surface area contributed by atoms with Gasteiger partial charge in [0.1, 0.15) is 5.82 Å². The van der Waals surface area contributed by atoms with E-state index in [4.69, 9.17) is 0 Å². The van der Waals surface area contributed by atoms with Crippen LogP contribution in [0.5, 0.6) is 0 Å². The van der Waals surface area contributed by atoms with E-state index in [2.05, 4.69) is 42.2 Å². The van der Waals surface area contributed by atoms with E-state index in [-0.39, 0.29) is 11.9 Å². The zero-order valence-electron chi connectivity index (χ0n) is 17.7. The van der Waals surface area contributed by atoms with Crippen molar-refractivity contribution in [3.05, 3.63) is 66.0 Å². The third-order valence-electron chi connectivity index (χ3n) is 6.74. The fourth-order valence-electron chi connectivity index (χ4n) is 5.13. The minimum absolute atomic E-state index is 0.0442. The smallest absolute Gasteiger partial charge is 0.214 e. The summed E-state index contributed by atoms with van der Waals surface area (Å²) in [7, 11) is 0. The second-order valence-corrected chi connectivity index (χ2v) is 8.58. The number of quaternary nitrogens is 1. The Morgan fingerprint density at radius 2 is 1.71 bits per heavy atom. The monoisotopic (exact) mass is 422 g/mol. The van der Waals surface area contributed by atoms with Gasteiger partial charge in [-0.3, -0.25) is 4.98 Å². The van der Waals surface area contributed by atoms with E-state index in [1.54, 1.807) is 6.07 Å². The fourth-order valence-corrected chi connectivity index (χ4v) is 5.13. The average molecular weight is 423 g/mol. The van der Waals surface area contributed by atoms with Crippen molar-refractivity contribution in [2.45, 2.75) is 44.2 Å². The summed E-state index contributed by atoms with van der Waals surface area (Å²) >= 11 is 0. The van der Waals surface area contributed by atoms with Gasteiger partial charge in [0.05, 0.1) is 37.9 Å². The standard InChI is InChI=1S/C23H28FN7/c24-20-8-4-5-9-21(20)29-14-16-30(17-15-29)22(18-10-12-25-13-11-18)23-26-27-28-31(23)19-6-2-1-3-7-19/h4-5,8-13,19,22H,1-3,6-7,14-17H2/p+1/t22-/m1/s1. The van der Waals surface area contributed by atoms with E-state index in [1.807, 2.05) is 24.5 Å². The van der Waals surface area contributed by atoms with Gasteiger partial charge in [-0.2, -0.15) is 0 Å². The Bertz CT molecular complexity index is 978. The van der Waals surface area contributed by atoms with Crippen LogP contribution >= 0.6 is 0 Å². The quantitative estimate of drug-likeness (QED) is 0.683. The number of nitrogens with zero attached hydrogens (tertiary/aromatic N) is 6. The molecule has 1 aromatic carbocycles. The molecule has 2 aromatic heterocycles. The van der Waals surface area contributed by atoms with Crippen molar-refractivity contribution in [2.75, 3.05) is 31.1 Å². The van der Waals surface area contributed by atoms with Gasteiger partial charge >= 0.3 is 0 Å². The lowest BCUT2D eigenvalue weighted by Gasteiger charge is -2.37. The first-order valence-electron chi connectivity index (χ1n) is 11.3. The fraction of sp³-hybridized carbons (Fsp3) is 0.478. The number of nitrogens with one attached hydrogen (secondary N) is 1. The van der Waals surface area contributed by atoms with Crippen LogP contribution in [-0.4, -0.2) is 51.4 Å². The highest BCUT2D eigenvalue weighted by Crippen LogP contribution is 2.30. The van der Waals surface area contributed by atoms with Gasteiger partial charge in [0, 0.05) is 18.0 Å². The molecule has 1 atom stereocenters. The van der Waals surface area contributed by atoms with Crippen LogP contribution < -0.4 is 9.80 Å². The second kappa shape index (κ2) is 9.09. The van der Waals surface area contributed by atoms with Gasteiger partial charge < -0.3 is 9.80 Å². The minimum Gasteiger partial charge on any atom is -0.358 e. The number of hydrogen-bond donors (Lipinski definition) is 1. The van der Waals surface area contributed by atoms with E-state index in [9.17, 15) is 4.39 Å². The predicted molar refractivity (Wildman–Crippen MR) is 115 cm³/mol. The molecule has 1 aliphatic carbocycles. The second-order valence-electron chi connectivity index (χ2n) is 8.58. The maximum Gasteiger partial charge on any atom is 0.214 e. The number of aromatic nitrogens is 5. The number of benzene rings is 1. The molecule has 0 bridgehead atoms. The Morgan fingerprint density at radius 3 is 2.45 bits per heavy atom. The van der Waals surface area contributed by atoms with Gasteiger partial charge in [-0.1, -0.05) is 31.4 Å². The highest BCUT2D eigenvalue weighted by molar-refractivity contribution is 5.47. The molecule has 0 radical (unpaired) electrons. The largest absolute Gasteiger partial charge is 0.358 e. The van der Waals surface area contributed by atoms with Gasteiger partial charge in [0.25, 0.3) is 0 Å². The average Bonchev–Trinajstić information content (AvgIpc) is 3.31. The van der Waals surface area contributed by atoms with Crippen molar-refractivity contribution in [3.63, 3.8) is 0 Å². The molecule has 1 saturated carbocycles. The van der Waals surface area contributed by atoms with E-state index < -0.39 is 0 Å². The lowest BCUT2D eigenvalue weighted by atomic mass is 9.95. The number of hydrogen-bond acceptors (Lipinski definition) is 5. The summed E-state index contributed by atoms with van der Waals surface area (Å²) in [6.07, 6.45) is 9.72. The normalized spacial score (nSPS) is 19.5. The summed E-state index contributed by atoms with van der Waals surface area (Å²) in [5.41, 5.74) is 1.87. The Balaban J connectivity index is 1.41. The van der Waals surface area contributed by atoms with Gasteiger partial charge in [0.15, 0.2) is 6.04 Å². The lowest BCUT2D eigenvalue weighted by Crippen LogP contribution is -3.15. The van der Waals surface area contributed by atoms with Crippen LogP contribution in [0.4, 0.5) is 10.1 Å². The van der Waals surface area contributed by atoms with Gasteiger partial charge in [-0.15, -0.1) is 5.10 Å². The minimum atomic E-state index is -0.155. The molecule has 1 aliphatic heterocycles. The number of tetrazole rings is 1. The third kappa shape index (κ3) is 4.17. The summed E-state index contributed by atoms with van der Waals surface area (Å²) in [5.74, 6) is 0.783. The molecule has 2 aliphatic rings. The molecular weight excluding hydrogens is 393 g/mol. The van der Waals surface area contributed by atoms with Crippen molar-refractivity contribution < 1.29 is 9.29 Å². The lowest BCUT2D eigenvalue weighted by molar-refractivity contribution is -0.927. The van der Waals surface area contributed by atoms with Crippen LogP contribution in [0.3, 0.4) is 0 Å². The zero-order chi connectivity index (χ0) is 21.0. The number of pyridine rings is 1. The SMILES string of the molecule is Fc1ccccc1N1CC[NH+]([C@H](c2ccncc2)c2nnnn2C2CCCCC2)CC1. The molecule has 3 heterocycles. The molecule has 1 saturated heterocycles. The van der Waals surface area contributed by atoms with E-state index in [1.165, 1.54) is 35.8 Å². The van der Waals surface area contributed by atoms with E-state index in [0.717, 1.165) is 44.8 Å². The topological polar surface area (TPSA) is 64.2 Å². The molecule has 7 nitrogen and oxygen atoms in total. The highest BCUT2D eigenvalue weighted by atomic mass is 19.1. The van der Waals surface area contributed by atoms with Crippen LogP contribution in [-0.2, 0) is 0 Å². The van der Waals surface area contributed by atoms with E-state index in [0.29, 0.717) is 11.7 Å². The maximum absolute atomic E-state index is 14.3. The number of para-hydroxylation sites is 1. The molecule has 1 N–H and O–H groups in total. The Labute approximate surface area is 181 Å². The maximum atomic E-state index is 14.3. The summed E-state index contributed by atoms with van der Waals surface area (Å²) in [5, 5.41) is 13.0. The predicted octanol–water partition coefficient (Wildman–Crippen LogP) is 2.21. The molecule has 0 amide bonds. The Morgan fingerprint density at radius 1 is 0.968 bits per heavy atom. The van der Waals surface area contributed by atoms with Crippen molar-refractivity contribution in [1.29, 1.82) is 0 Å². The summed E-state index contributed by atoms with van der Waals surface area (Å²) in [6, 6.07) is 11.6. The van der Waals surface area contributed by atoms with Crippen LogP contribution in [0.15, 0.2) is 48.8 Å². The first-order chi connectivity index (χ1) is 15.3. The number of halogens is 1. The molecule has 3 aromatic rings. The van der Waals surface area contributed by atoms with E-state index >= 15 is 0 Å². The number of anilines is 1. The van der Waals surface area contributed by atoms with Crippen molar-refractivity contribution >= 4 is 5.69 Å². The molecule has 2 fully saturated rings. The molecule has 0 unspecified atom stereocenters. The first kappa shape index (κ1) is 20.1. The zero-order valence-corrected chi connectivity index (χ0v) is 17.7. The molecule has 8 heteroatoms. The summed E-state index contributed by atoms with van der Waals surface area (Å²) in [4.78, 5) is 7.76.